The van der Waals surface area contributed by atoms with E-state index in [1.54, 1.807) is 0 Å². The van der Waals surface area contributed by atoms with Gasteiger partial charge in [0.1, 0.15) is 5.56 Å². The van der Waals surface area contributed by atoms with Crippen molar-refractivity contribution in [1.29, 1.82) is 0 Å². The molecule has 1 nitrogen and oxygen atoms in total. The van der Waals surface area contributed by atoms with Crippen LogP contribution in [0.25, 0.3) is 4.85 Å². The number of halogens is 5. The molecule has 0 saturated heterocycles. The zero-order chi connectivity index (χ0) is 15.1. The van der Waals surface area contributed by atoms with Gasteiger partial charge in [-0.25, -0.2) is 0 Å². The number of para-hydroxylation sites is 1. The zero-order valence-electron chi connectivity index (χ0n) is 10.1. The Morgan fingerprint density at radius 3 is 1.55 bits per heavy atom. The molecule has 0 aromatic heterocycles. The molecule has 0 amide bonds. The van der Waals surface area contributed by atoms with Gasteiger partial charge in [0.25, 0.3) is 0 Å². The summed E-state index contributed by atoms with van der Waals surface area (Å²) in [6.45, 7) is 0. The molecule has 0 aliphatic heterocycles. The fourth-order valence-corrected chi connectivity index (χ4v) is 1.14. The average molecular weight is 476 g/mol. The topological polar surface area (TPSA) is 4.36 Å². The van der Waals surface area contributed by atoms with Crippen LogP contribution in [0.1, 0.15) is 5.56 Å². The third-order valence-electron chi connectivity index (χ3n) is 1.84. The van der Waals surface area contributed by atoms with Crippen LogP contribution in [0.15, 0.2) is 60.7 Å². The molecule has 0 atom stereocenters. The first-order valence-corrected chi connectivity index (χ1v) is 23.5. The summed E-state index contributed by atoms with van der Waals surface area (Å²) in [7, 11) is 25.3. The van der Waals surface area contributed by atoms with Crippen molar-refractivity contribution in [3.05, 3.63) is 71.1 Å². The summed E-state index contributed by atoms with van der Waals surface area (Å²) in [5.41, 5.74) is 1.92. The molecule has 20 heavy (non-hydrogen) atoms. The first-order valence-electron chi connectivity index (χ1n) is 5.46. The Morgan fingerprint density at radius 2 is 1.10 bits per heavy atom. The summed E-state index contributed by atoms with van der Waals surface area (Å²) < 4.78 is 0. The summed E-state index contributed by atoms with van der Waals surface area (Å²) in [6, 6.07) is 22.7. The van der Waals surface area contributed by atoms with E-state index in [0.717, 1.165) is 11.3 Å². The predicted molar refractivity (Wildman–Crippen MR) is 93.9 cm³/mol. The number of hydrogen-bond acceptors (Lipinski definition) is 0. The van der Waals surface area contributed by atoms with E-state index in [2.05, 4.69) is 10.9 Å². The van der Waals surface area contributed by atoms with Gasteiger partial charge < -0.3 is 0 Å². The molecule has 0 bridgehead atoms. The van der Waals surface area contributed by atoms with Crippen LogP contribution in [0.3, 0.4) is 0 Å². The molecular weight excluding hydrogens is 466 g/mol. The van der Waals surface area contributed by atoms with Gasteiger partial charge in [-0.3, -0.25) is 0 Å². The molecule has 0 fully saturated rings. The standard InChI is InChI=1S/C13H10N.5ClH.Sn/c1-3-7-12(8-4-1)11-14-13-9-5-2-6-10-13;;;;;;/h1-10H;5*1H;/q+1;;;;;;+4/p-5. The van der Waals surface area contributed by atoms with Crippen molar-refractivity contribution in [1.82, 2.24) is 0 Å². The number of nitrogens with zero attached hydrogens (tertiary/aromatic N) is 1. The average Bonchev–Trinajstić information content (AvgIpc) is 2.36. The minimum atomic E-state index is -4.40. The van der Waals surface area contributed by atoms with Crippen molar-refractivity contribution in [2.24, 2.45) is 0 Å². The van der Waals surface area contributed by atoms with E-state index in [4.69, 9.17) is 44.6 Å². The third kappa shape index (κ3) is 12.0. The first kappa shape index (κ1) is 18.2. The first-order chi connectivity index (χ1) is 9.19. The van der Waals surface area contributed by atoms with Crippen molar-refractivity contribution < 1.29 is 0 Å². The Bertz CT molecular complexity index is 536. The van der Waals surface area contributed by atoms with Crippen LogP contribution >= 0.6 is 44.6 Å². The zero-order valence-corrected chi connectivity index (χ0v) is 16.7. The van der Waals surface area contributed by atoms with Crippen LogP contribution in [-0.2, 0) is 0 Å². The molecule has 0 aliphatic carbocycles. The Morgan fingerprint density at radius 1 is 0.700 bits per heavy atom. The van der Waals surface area contributed by atoms with Crippen LogP contribution < -0.4 is 0 Å². The molecule has 0 aliphatic rings. The van der Waals surface area contributed by atoms with Crippen molar-refractivity contribution in [3.8, 4) is 6.07 Å². The molecule has 0 saturated carbocycles. The monoisotopic (exact) mass is 475 g/mol. The Balaban J connectivity index is 0.000000286. The number of hydrogen-bond donors (Lipinski definition) is 0. The summed E-state index contributed by atoms with van der Waals surface area (Å²) in [5, 5.41) is 0. The van der Waals surface area contributed by atoms with Crippen molar-refractivity contribution in [2.75, 3.05) is 0 Å². The quantitative estimate of drug-likeness (QED) is 0.370. The summed E-state index contributed by atoms with van der Waals surface area (Å²) in [6.07, 6.45) is 0. The van der Waals surface area contributed by atoms with Crippen molar-refractivity contribution in [3.63, 3.8) is 0 Å². The van der Waals surface area contributed by atoms with Gasteiger partial charge in [0, 0.05) is 12.1 Å². The van der Waals surface area contributed by atoms with Crippen LogP contribution in [0.5, 0.6) is 0 Å². The van der Waals surface area contributed by atoms with Crippen molar-refractivity contribution >= 4 is 61.7 Å². The second-order valence-electron chi connectivity index (χ2n) is 3.64. The molecule has 0 N–H and O–H groups in total. The molecular formula is C13H10Cl5NSn. The molecule has 2 rings (SSSR count). The van der Waals surface area contributed by atoms with Crippen LogP contribution in [0.2, 0.25) is 0 Å². The van der Waals surface area contributed by atoms with Gasteiger partial charge in [0.15, 0.2) is 0 Å². The SMILES string of the molecule is C(#[N+]c1ccccc1)c1ccccc1.[Cl][Sn-]([Cl])([Cl])([Cl])[Cl]. The predicted octanol–water partition coefficient (Wildman–Crippen LogP) is 6.77. The van der Waals surface area contributed by atoms with Gasteiger partial charge in [-0.1, -0.05) is 36.4 Å². The molecule has 0 spiro atoms. The molecule has 0 radical (unpaired) electrons. The summed E-state index contributed by atoms with van der Waals surface area (Å²) in [4.78, 5) is 4.23. The molecule has 0 unspecified atom stereocenters. The summed E-state index contributed by atoms with van der Waals surface area (Å²) >= 11 is -4.40. The minimum absolute atomic E-state index is 0.927. The van der Waals surface area contributed by atoms with Crippen molar-refractivity contribution in [2.45, 2.75) is 0 Å². The van der Waals surface area contributed by atoms with Gasteiger partial charge >= 0.3 is 67.7 Å². The van der Waals surface area contributed by atoms with Gasteiger partial charge in [-0.2, -0.15) is 0 Å². The molecule has 106 valence electrons. The fraction of sp³-hybridized carbons (Fsp3) is 0. The van der Waals surface area contributed by atoms with Gasteiger partial charge in [-0.05, 0) is 17.0 Å². The Labute approximate surface area is 137 Å². The Hall–Kier alpha value is 0.179. The van der Waals surface area contributed by atoms with Crippen LogP contribution in [0.4, 0.5) is 5.69 Å². The van der Waals surface area contributed by atoms with E-state index in [-0.39, 0.29) is 0 Å². The molecule has 2 aromatic carbocycles. The molecule has 0 heterocycles. The fourth-order valence-electron chi connectivity index (χ4n) is 1.14. The third-order valence-corrected chi connectivity index (χ3v) is 1.84. The van der Waals surface area contributed by atoms with Crippen LogP contribution in [0, 0.1) is 6.07 Å². The van der Waals surface area contributed by atoms with Gasteiger partial charge in [0.2, 0.25) is 0 Å². The maximum absolute atomic E-state index is 5.06. The van der Waals surface area contributed by atoms with Crippen LogP contribution in [-0.4, -0.2) is 11.4 Å². The number of rotatable bonds is 0. The summed E-state index contributed by atoms with van der Waals surface area (Å²) in [5.74, 6) is 0. The van der Waals surface area contributed by atoms with E-state index in [0.29, 0.717) is 0 Å². The Kier molecular flexibility index (Phi) is 7.27. The molecule has 2 aromatic rings. The van der Waals surface area contributed by atoms with E-state index in [1.807, 2.05) is 60.7 Å². The number of benzene rings is 2. The normalized spacial score (nSPS) is 11.9. The maximum atomic E-state index is 5.06. The van der Waals surface area contributed by atoms with Gasteiger partial charge in [-0.15, -0.1) is 0 Å². The second-order valence-corrected chi connectivity index (χ2v) is 46.0. The second kappa shape index (κ2) is 7.98. The van der Waals surface area contributed by atoms with E-state index in [9.17, 15) is 0 Å². The van der Waals surface area contributed by atoms with E-state index >= 15 is 0 Å². The van der Waals surface area contributed by atoms with Gasteiger partial charge in [0.05, 0.1) is 0 Å². The van der Waals surface area contributed by atoms with E-state index < -0.39 is 11.4 Å². The van der Waals surface area contributed by atoms with E-state index in [1.165, 1.54) is 0 Å². The molecule has 7 heteroatoms.